The Hall–Kier alpha value is -8.36. The maximum atomic E-state index is 13.1. The van der Waals surface area contributed by atoms with Gasteiger partial charge < -0.3 is 39.2 Å². The van der Waals surface area contributed by atoms with Crippen LogP contribution in [0.3, 0.4) is 0 Å². The maximum absolute atomic E-state index is 13.1. The van der Waals surface area contributed by atoms with E-state index in [1.54, 1.807) is 13.8 Å². The molecule has 2 heterocycles. The van der Waals surface area contributed by atoms with Crippen molar-refractivity contribution in [3.8, 4) is 40.6 Å². The third-order valence-electron chi connectivity index (χ3n) is 9.68. The monoisotopic (exact) mass is 1230 g/mol. The summed E-state index contributed by atoms with van der Waals surface area (Å²) in [5, 5.41) is 28.7. The topological polar surface area (TPSA) is 405 Å². The standard InChI is InChI=1S/C23H22ClN7O8S3.C22H29N5O9S2/c1-30(2)23(32)38-22-19(39-40(33)15-8-6-14(7-9-15)28-41(3,34)35)17(12-25)21-26-20(27-31(21)22)16-11-13(24)5-10-18(16)29-42(4,36)37;1-12(2)20(29)23-17-10-16(36-22(31)27(3)4)11-18(19(17)28)24-21(30)13-7-14(25-37(5,32)33)9-15(8-13)26-38(6,34)35/h5-11,28-29H,1-4H3,(H,26,27);7-12,25-26,28H,1-6H3,(H,23,29)(H,24,30). The van der Waals surface area contributed by atoms with Gasteiger partial charge in [0.1, 0.15) is 17.4 Å². The molecule has 0 saturated heterocycles. The first kappa shape index (κ1) is 62.5. The van der Waals surface area contributed by atoms with E-state index in [9.17, 15) is 67.4 Å². The highest BCUT2D eigenvalue weighted by Crippen LogP contribution is 2.41. The summed E-state index contributed by atoms with van der Waals surface area (Å²) in [5.41, 5.74) is -0.671. The highest BCUT2D eigenvalue weighted by Gasteiger charge is 2.30. The zero-order valence-electron chi connectivity index (χ0n) is 43.6. The van der Waals surface area contributed by atoms with Crippen molar-refractivity contribution in [3.05, 3.63) is 88.9 Å². The molecule has 6 rings (SSSR count). The van der Waals surface area contributed by atoms with Gasteiger partial charge in [0.25, 0.3) is 11.8 Å². The molecule has 2 aromatic heterocycles. The number of aromatic amines is 1. The molecule has 1 unspecified atom stereocenters. The lowest BCUT2D eigenvalue weighted by molar-refractivity contribution is -0.118. The van der Waals surface area contributed by atoms with Crippen LogP contribution in [0, 0.1) is 17.2 Å². The first-order valence-electron chi connectivity index (χ1n) is 22.3. The number of halogens is 1. The lowest BCUT2D eigenvalue weighted by Crippen LogP contribution is -2.26. The van der Waals surface area contributed by atoms with Gasteiger partial charge in [-0.3, -0.25) is 33.6 Å². The number of H-pyrrole nitrogens is 1. The fraction of sp³-hybridized carbons (Fsp3) is 0.244. The zero-order chi connectivity index (χ0) is 60.0. The van der Waals surface area contributed by atoms with E-state index in [4.69, 9.17) is 25.3 Å². The minimum absolute atomic E-state index is 0.0407. The van der Waals surface area contributed by atoms with Crippen molar-refractivity contribution in [3.63, 3.8) is 0 Å². The van der Waals surface area contributed by atoms with Gasteiger partial charge in [0.15, 0.2) is 17.2 Å². The number of nitrogens with one attached hydrogen (secondary N) is 7. The Labute approximate surface area is 466 Å². The molecule has 0 aliphatic heterocycles. The van der Waals surface area contributed by atoms with Crippen LogP contribution in [-0.4, -0.2) is 145 Å². The summed E-state index contributed by atoms with van der Waals surface area (Å²) in [4.78, 5) is 56.6. The molecular weight excluding hydrogens is 1180 g/mol. The summed E-state index contributed by atoms with van der Waals surface area (Å²) in [6.45, 7) is 3.23. The average Bonchev–Trinajstić information content (AvgIpc) is 3.91. The number of sulfonamides is 4. The molecule has 0 spiro atoms. The number of carbonyl (C=O) groups is 4. The van der Waals surface area contributed by atoms with Gasteiger partial charge in [-0.1, -0.05) is 25.4 Å². The Morgan fingerprint density at radius 3 is 1.73 bits per heavy atom. The molecule has 1 atom stereocenters. The summed E-state index contributed by atoms with van der Waals surface area (Å²) in [5.74, 6) is -3.22. The molecule has 0 radical (unpaired) electrons. The number of hydrogen-bond acceptors (Lipinski definition) is 19. The van der Waals surface area contributed by atoms with Crippen LogP contribution in [0.15, 0.2) is 77.7 Å². The van der Waals surface area contributed by atoms with Crippen molar-refractivity contribution in [1.82, 2.24) is 24.4 Å². The Kier molecular flexibility index (Phi) is 19.3. The number of ether oxygens (including phenoxy) is 2. The predicted octanol–water partition coefficient (Wildman–Crippen LogP) is 4.80. The molecule has 0 aliphatic rings. The molecule has 35 heteroatoms. The molecule has 8 N–H and O–H groups in total. The number of benzene rings is 4. The minimum Gasteiger partial charge on any atom is -0.504 e. The zero-order valence-corrected chi connectivity index (χ0v) is 48.5. The van der Waals surface area contributed by atoms with Crippen LogP contribution < -0.4 is 43.2 Å². The van der Waals surface area contributed by atoms with E-state index in [1.807, 2.05) is 6.07 Å². The van der Waals surface area contributed by atoms with Crippen LogP contribution in [-0.2, 0) is 56.0 Å². The molecule has 4 amide bonds. The summed E-state index contributed by atoms with van der Waals surface area (Å²) >= 11 is 3.88. The number of phenols is 1. The van der Waals surface area contributed by atoms with Crippen molar-refractivity contribution in [2.24, 2.45) is 5.92 Å². The van der Waals surface area contributed by atoms with E-state index < -0.39 is 86.8 Å². The van der Waals surface area contributed by atoms with Crippen molar-refractivity contribution < 1.29 is 75.8 Å². The molecule has 29 nitrogen and oxygen atoms in total. The third kappa shape index (κ3) is 17.6. The van der Waals surface area contributed by atoms with Crippen LogP contribution in [0.5, 0.6) is 23.1 Å². The molecule has 0 aliphatic carbocycles. The number of rotatable bonds is 18. The average molecular weight is 1230 g/mol. The maximum Gasteiger partial charge on any atom is 0.416 e. The van der Waals surface area contributed by atoms with Gasteiger partial charge in [0.05, 0.1) is 58.4 Å². The predicted molar refractivity (Wildman–Crippen MR) is 297 cm³/mol. The Morgan fingerprint density at radius 1 is 0.713 bits per heavy atom. The fourth-order valence-electron chi connectivity index (χ4n) is 6.33. The van der Waals surface area contributed by atoms with Crippen LogP contribution in [0.1, 0.15) is 29.8 Å². The normalized spacial score (nSPS) is 11.9. The van der Waals surface area contributed by atoms with Crippen molar-refractivity contribution in [2.45, 2.75) is 18.7 Å². The number of aromatic hydroxyl groups is 1. The second-order valence-electron chi connectivity index (χ2n) is 17.7. The second kappa shape index (κ2) is 24.8. The minimum atomic E-state index is -3.79. The van der Waals surface area contributed by atoms with Crippen molar-refractivity contribution >= 4 is 127 Å². The summed E-state index contributed by atoms with van der Waals surface area (Å²) in [7, 11) is -9.11. The first-order chi connectivity index (χ1) is 36.9. The molecule has 4 aromatic carbocycles. The fourth-order valence-corrected chi connectivity index (χ4v) is 9.49. The Bertz CT molecular complexity index is 3900. The van der Waals surface area contributed by atoms with Crippen LogP contribution in [0.25, 0.3) is 17.0 Å². The second-order valence-corrected chi connectivity index (χ2v) is 26.2. The summed E-state index contributed by atoms with van der Waals surface area (Å²) in [6, 6.07) is 17.4. The summed E-state index contributed by atoms with van der Waals surface area (Å²) in [6.07, 6.45) is 2.04. The van der Waals surface area contributed by atoms with E-state index in [1.165, 1.54) is 76.7 Å². The number of amides is 4. The Balaban J connectivity index is 0.000000296. The van der Waals surface area contributed by atoms with Crippen molar-refractivity contribution in [2.75, 3.05) is 82.7 Å². The third-order valence-corrected chi connectivity index (χ3v) is 13.3. The number of hydrogen-bond donors (Lipinski definition) is 8. The molecule has 0 bridgehead atoms. The van der Waals surface area contributed by atoms with Gasteiger partial charge in [-0.15, -0.1) is 0 Å². The number of carbonyl (C=O) groups excluding carboxylic acids is 4. The van der Waals surface area contributed by atoms with Gasteiger partial charge in [-0.2, -0.15) is 9.78 Å². The molecule has 80 heavy (non-hydrogen) atoms. The highest BCUT2D eigenvalue weighted by atomic mass is 35.5. The lowest BCUT2D eigenvalue weighted by Gasteiger charge is -2.17. The van der Waals surface area contributed by atoms with Crippen LogP contribution >= 0.6 is 11.6 Å². The van der Waals surface area contributed by atoms with Gasteiger partial charge in [0.2, 0.25) is 62.8 Å². The van der Waals surface area contributed by atoms with Gasteiger partial charge in [-0.05, 0) is 60.7 Å². The molecule has 0 fully saturated rings. The Morgan fingerprint density at radius 2 is 1.23 bits per heavy atom. The number of anilines is 6. The van der Waals surface area contributed by atoms with Crippen LogP contribution in [0.2, 0.25) is 5.02 Å². The SMILES string of the molecule is CC(C)C(=O)Nc1cc(OC(=O)N(C)C)cc(NC(=O)c2cc(NS(C)(=O)=O)cc(NS(C)(=O)=O)c2)c1O.CN(C)C(=O)Oc1c(OS(=O)c2ccc(NS(C)(=O)=O)cc2)c(C#N)c2nc(-c3cc(Cl)ccc3NS(C)(=O)=O)[nH]n12. The molecule has 0 saturated carbocycles. The van der Waals surface area contributed by atoms with E-state index in [0.29, 0.717) is 0 Å². The quantitative estimate of drug-likeness (QED) is 0.0536. The molecule has 430 valence electrons. The number of phenolic OH excluding ortho intramolecular Hbond substituents is 1. The smallest absolute Gasteiger partial charge is 0.416 e. The van der Waals surface area contributed by atoms with Gasteiger partial charge in [0, 0.05) is 68.1 Å². The van der Waals surface area contributed by atoms with Crippen molar-refractivity contribution in [1.29, 1.82) is 5.26 Å². The highest BCUT2D eigenvalue weighted by molar-refractivity contribution is 7.92. The van der Waals surface area contributed by atoms with E-state index in [-0.39, 0.29) is 89.6 Å². The van der Waals surface area contributed by atoms with Gasteiger partial charge in [-0.25, -0.2) is 52.5 Å². The number of aromatic nitrogens is 3. The van der Waals surface area contributed by atoms with Gasteiger partial charge >= 0.3 is 12.2 Å². The van der Waals surface area contributed by atoms with E-state index >= 15 is 0 Å². The number of nitriles is 1. The number of fused-ring (bicyclic) bond motifs is 1. The van der Waals surface area contributed by atoms with E-state index in [2.05, 4.69) is 39.6 Å². The van der Waals surface area contributed by atoms with E-state index in [0.717, 1.165) is 63.6 Å². The number of nitrogens with zero attached hydrogens (tertiary/aromatic N) is 5. The molecular formula is C45H51ClN12O17S5. The largest absolute Gasteiger partial charge is 0.504 e. The van der Waals surface area contributed by atoms with Crippen LogP contribution in [0.4, 0.5) is 43.7 Å². The first-order valence-corrected chi connectivity index (χ1v) is 31.3. The summed E-state index contributed by atoms with van der Waals surface area (Å²) < 4.78 is 133. The molecule has 6 aromatic rings. The lowest BCUT2D eigenvalue weighted by atomic mass is 10.1.